The molecule has 2 aliphatic rings. The van der Waals surface area contributed by atoms with Crippen molar-refractivity contribution in [1.29, 1.82) is 0 Å². The molecule has 0 saturated carbocycles. The highest BCUT2D eigenvalue weighted by atomic mass is 16.2. The summed E-state index contributed by atoms with van der Waals surface area (Å²) in [5, 5.41) is 3.58. The largest absolute Gasteiger partial charge is 0.357 e. The van der Waals surface area contributed by atoms with Crippen LogP contribution >= 0.6 is 0 Å². The molecule has 0 unspecified atom stereocenters. The molecule has 166 valence electrons. The Morgan fingerprint density at radius 2 is 1.61 bits per heavy atom. The third kappa shape index (κ3) is 3.86. The van der Waals surface area contributed by atoms with E-state index in [0.717, 1.165) is 34.6 Å². The number of carbonyl (C=O) groups is 2. The Bertz CT molecular complexity index is 1230. The van der Waals surface area contributed by atoms with Gasteiger partial charge in [-0.25, -0.2) is 0 Å². The Labute approximate surface area is 194 Å². The minimum atomic E-state index is -0.451. The molecule has 3 aromatic carbocycles. The first-order chi connectivity index (χ1) is 16.1. The highest BCUT2D eigenvalue weighted by Crippen LogP contribution is 2.47. The molecule has 4 heteroatoms. The molecule has 1 amide bonds. The molecule has 33 heavy (non-hydrogen) atoms. The smallest absolute Gasteiger partial charge is 0.227 e. The number of anilines is 2. The summed E-state index contributed by atoms with van der Waals surface area (Å²) in [6.07, 6.45) is 1.54. The van der Waals surface area contributed by atoms with Crippen molar-refractivity contribution in [2.45, 2.75) is 45.1 Å². The summed E-state index contributed by atoms with van der Waals surface area (Å²) >= 11 is 0. The van der Waals surface area contributed by atoms with Gasteiger partial charge in [-0.15, -0.1) is 0 Å². The van der Waals surface area contributed by atoms with E-state index in [9.17, 15) is 9.59 Å². The summed E-state index contributed by atoms with van der Waals surface area (Å²) in [6.45, 7) is 3.92. The summed E-state index contributed by atoms with van der Waals surface area (Å²) in [6, 6.07) is 25.9. The molecule has 1 N–H and O–H groups in total. The molecule has 0 spiro atoms. The van der Waals surface area contributed by atoms with Crippen LogP contribution in [-0.2, 0) is 9.59 Å². The molecule has 3 aromatic rings. The molecule has 0 aromatic heterocycles. The predicted octanol–water partition coefficient (Wildman–Crippen LogP) is 6.31. The number of amides is 1. The second kappa shape index (κ2) is 8.70. The number of rotatable bonds is 3. The highest BCUT2D eigenvalue weighted by molar-refractivity contribution is 6.06. The van der Waals surface area contributed by atoms with E-state index in [1.165, 1.54) is 5.56 Å². The Kier molecular flexibility index (Phi) is 5.59. The first kappa shape index (κ1) is 21.2. The number of nitrogens with zero attached hydrogens (tertiary/aromatic N) is 1. The van der Waals surface area contributed by atoms with Gasteiger partial charge >= 0.3 is 0 Å². The van der Waals surface area contributed by atoms with Crippen molar-refractivity contribution in [3.05, 3.63) is 107 Å². The van der Waals surface area contributed by atoms with E-state index in [-0.39, 0.29) is 17.6 Å². The van der Waals surface area contributed by atoms with E-state index in [0.29, 0.717) is 18.4 Å². The maximum absolute atomic E-state index is 13.8. The molecular formula is C29H28N2O2. The van der Waals surface area contributed by atoms with Gasteiger partial charge in [-0.3, -0.25) is 14.5 Å². The van der Waals surface area contributed by atoms with Crippen LogP contribution in [0.1, 0.15) is 54.8 Å². The maximum Gasteiger partial charge on any atom is 0.227 e. The standard InChI is InChI=1S/C29H28N2O2/c1-3-27(33)31-25-12-8-7-11-23(25)30-24-17-22(20-9-5-4-6-10-20)18-26(32)28(24)29(31)21-15-13-19(2)14-16-21/h4-16,22,29-30H,3,17-18H2,1-2H3/t22-,29-/m1/s1. The fraction of sp³-hybridized carbons (Fsp3) is 0.241. The number of Topliss-reactive ketones (excluding diaryl/α,β-unsaturated/α-hetero) is 1. The van der Waals surface area contributed by atoms with E-state index in [4.69, 9.17) is 0 Å². The van der Waals surface area contributed by atoms with E-state index < -0.39 is 6.04 Å². The normalized spacial score (nSPS) is 19.9. The quantitative estimate of drug-likeness (QED) is 0.524. The summed E-state index contributed by atoms with van der Waals surface area (Å²) in [4.78, 5) is 29.0. The first-order valence-electron chi connectivity index (χ1n) is 11.6. The average molecular weight is 437 g/mol. The number of aryl methyl sites for hydroxylation is 1. The van der Waals surface area contributed by atoms with Gasteiger partial charge < -0.3 is 5.32 Å². The number of benzene rings is 3. The molecule has 0 radical (unpaired) electrons. The molecule has 0 fully saturated rings. The number of ketones is 1. The van der Waals surface area contributed by atoms with Crippen LogP contribution in [0.15, 0.2) is 90.1 Å². The Morgan fingerprint density at radius 1 is 0.909 bits per heavy atom. The van der Waals surface area contributed by atoms with E-state index in [1.54, 1.807) is 0 Å². The fourth-order valence-corrected chi connectivity index (χ4v) is 5.06. The van der Waals surface area contributed by atoms with Crippen molar-refractivity contribution in [2.75, 3.05) is 10.2 Å². The van der Waals surface area contributed by atoms with E-state index in [2.05, 4.69) is 29.6 Å². The zero-order chi connectivity index (χ0) is 22.9. The number of hydrogen-bond donors (Lipinski definition) is 1. The molecule has 1 aliphatic heterocycles. The van der Waals surface area contributed by atoms with E-state index >= 15 is 0 Å². The number of nitrogens with one attached hydrogen (secondary N) is 1. The van der Waals surface area contributed by atoms with Crippen LogP contribution in [0.5, 0.6) is 0 Å². The van der Waals surface area contributed by atoms with Crippen LogP contribution in [0.25, 0.3) is 0 Å². The van der Waals surface area contributed by atoms with Gasteiger partial charge in [0.05, 0.1) is 17.4 Å². The predicted molar refractivity (Wildman–Crippen MR) is 132 cm³/mol. The lowest BCUT2D eigenvalue weighted by Gasteiger charge is -2.35. The van der Waals surface area contributed by atoms with Gasteiger partial charge in [0.1, 0.15) is 0 Å². The maximum atomic E-state index is 13.8. The monoisotopic (exact) mass is 436 g/mol. The fourth-order valence-electron chi connectivity index (χ4n) is 5.06. The van der Waals surface area contributed by atoms with Gasteiger partial charge in [0.15, 0.2) is 5.78 Å². The molecule has 5 rings (SSSR count). The zero-order valence-corrected chi connectivity index (χ0v) is 19.0. The second-order valence-corrected chi connectivity index (χ2v) is 8.90. The van der Waals surface area contributed by atoms with Crippen molar-refractivity contribution in [1.82, 2.24) is 0 Å². The minimum Gasteiger partial charge on any atom is -0.357 e. The highest BCUT2D eigenvalue weighted by Gasteiger charge is 2.41. The number of allylic oxidation sites excluding steroid dienone is 1. The van der Waals surface area contributed by atoms with Gasteiger partial charge in [-0.05, 0) is 42.5 Å². The van der Waals surface area contributed by atoms with Crippen molar-refractivity contribution in [2.24, 2.45) is 0 Å². The molecule has 1 aliphatic carbocycles. The van der Waals surface area contributed by atoms with Crippen LogP contribution in [0.2, 0.25) is 0 Å². The molecule has 2 atom stereocenters. The average Bonchev–Trinajstić information content (AvgIpc) is 2.99. The van der Waals surface area contributed by atoms with Crippen LogP contribution in [0, 0.1) is 6.92 Å². The van der Waals surface area contributed by atoms with E-state index in [1.807, 2.05) is 73.3 Å². The number of hydrogen-bond acceptors (Lipinski definition) is 3. The van der Waals surface area contributed by atoms with Crippen LogP contribution < -0.4 is 10.2 Å². The lowest BCUT2D eigenvalue weighted by molar-refractivity contribution is -0.119. The number of fused-ring (bicyclic) bond motifs is 1. The van der Waals surface area contributed by atoms with Crippen molar-refractivity contribution < 1.29 is 9.59 Å². The number of carbonyl (C=O) groups excluding carboxylic acids is 2. The minimum absolute atomic E-state index is 0.00144. The Balaban J connectivity index is 1.71. The third-order valence-electron chi connectivity index (χ3n) is 6.72. The molecule has 4 nitrogen and oxygen atoms in total. The first-order valence-corrected chi connectivity index (χ1v) is 11.6. The second-order valence-electron chi connectivity index (χ2n) is 8.90. The van der Waals surface area contributed by atoms with Crippen LogP contribution in [-0.4, -0.2) is 11.7 Å². The molecule has 1 heterocycles. The topological polar surface area (TPSA) is 49.4 Å². The van der Waals surface area contributed by atoms with Gasteiger partial charge in [-0.2, -0.15) is 0 Å². The Morgan fingerprint density at radius 3 is 2.33 bits per heavy atom. The SMILES string of the molecule is CCC(=O)N1c2ccccc2NC2=C(C(=O)C[C@H](c3ccccc3)C2)[C@H]1c1ccc(C)cc1. The summed E-state index contributed by atoms with van der Waals surface area (Å²) in [5.41, 5.74) is 6.59. The van der Waals surface area contributed by atoms with Gasteiger partial charge in [0.2, 0.25) is 5.91 Å². The lowest BCUT2D eigenvalue weighted by atomic mass is 9.78. The van der Waals surface area contributed by atoms with Crippen molar-refractivity contribution in [3.63, 3.8) is 0 Å². The zero-order valence-electron chi connectivity index (χ0n) is 19.0. The lowest BCUT2D eigenvalue weighted by Crippen LogP contribution is -2.38. The van der Waals surface area contributed by atoms with Crippen LogP contribution in [0.3, 0.4) is 0 Å². The Hall–Kier alpha value is -3.66. The molecule has 0 bridgehead atoms. The third-order valence-corrected chi connectivity index (χ3v) is 6.72. The van der Waals surface area contributed by atoms with Crippen molar-refractivity contribution in [3.8, 4) is 0 Å². The van der Waals surface area contributed by atoms with Gasteiger partial charge in [0.25, 0.3) is 0 Å². The molecule has 0 saturated heterocycles. The van der Waals surface area contributed by atoms with Crippen LogP contribution in [0.4, 0.5) is 11.4 Å². The molecular weight excluding hydrogens is 408 g/mol. The van der Waals surface area contributed by atoms with Gasteiger partial charge in [-0.1, -0.05) is 79.2 Å². The van der Waals surface area contributed by atoms with Gasteiger partial charge in [0, 0.05) is 24.1 Å². The van der Waals surface area contributed by atoms with Crippen molar-refractivity contribution >= 4 is 23.1 Å². The summed E-state index contributed by atoms with van der Waals surface area (Å²) in [5.74, 6) is 0.218. The summed E-state index contributed by atoms with van der Waals surface area (Å²) in [7, 11) is 0. The summed E-state index contributed by atoms with van der Waals surface area (Å²) < 4.78 is 0. The number of para-hydroxylation sites is 2.